The van der Waals surface area contributed by atoms with Crippen molar-refractivity contribution in [1.29, 1.82) is 0 Å². The fourth-order valence-corrected chi connectivity index (χ4v) is 2.55. The fraction of sp³-hybridized carbons (Fsp3) is 0.200. The third kappa shape index (κ3) is 2.88. The molecule has 0 amide bonds. The third-order valence-corrected chi connectivity index (χ3v) is 3.91. The molecule has 0 aliphatic heterocycles. The van der Waals surface area contributed by atoms with Crippen molar-refractivity contribution in [3.63, 3.8) is 0 Å². The molecule has 2 rings (SSSR count). The van der Waals surface area contributed by atoms with E-state index in [1.165, 1.54) is 5.56 Å². The molecule has 0 saturated carbocycles. The molecule has 0 atom stereocenters. The summed E-state index contributed by atoms with van der Waals surface area (Å²) in [5.41, 5.74) is 3.43. The molecular weight excluding hydrogens is 312 g/mol. The molecule has 0 radical (unpaired) electrons. The maximum Gasteiger partial charge on any atom is 0.130 e. The quantitative estimate of drug-likeness (QED) is 0.663. The van der Waals surface area contributed by atoms with Gasteiger partial charge in [0.05, 0.1) is 0 Å². The highest BCUT2D eigenvalue weighted by Gasteiger charge is 2.05. The third-order valence-electron chi connectivity index (χ3n) is 2.95. The summed E-state index contributed by atoms with van der Waals surface area (Å²) in [4.78, 5) is 0. The van der Waals surface area contributed by atoms with Crippen molar-refractivity contribution in [2.24, 2.45) is 0 Å². The lowest BCUT2D eigenvalue weighted by Crippen LogP contribution is -1.90. The van der Waals surface area contributed by atoms with Gasteiger partial charge in [-0.3, -0.25) is 0 Å². The van der Waals surface area contributed by atoms with E-state index in [2.05, 4.69) is 35.8 Å². The topological polar surface area (TPSA) is 9.23 Å². The first kappa shape index (κ1) is 13.4. The lowest BCUT2D eigenvalue weighted by Gasteiger charge is -2.11. The van der Waals surface area contributed by atoms with Gasteiger partial charge in [-0.25, -0.2) is 0 Å². The Morgan fingerprint density at radius 3 is 2.61 bits per heavy atom. The second kappa shape index (κ2) is 5.77. The Morgan fingerprint density at radius 1 is 1.17 bits per heavy atom. The van der Waals surface area contributed by atoms with Gasteiger partial charge < -0.3 is 4.74 Å². The van der Waals surface area contributed by atoms with Crippen LogP contribution in [0.1, 0.15) is 16.7 Å². The first-order valence-electron chi connectivity index (χ1n) is 5.70. The molecule has 18 heavy (non-hydrogen) atoms. The van der Waals surface area contributed by atoms with Gasteiger partial charge in [-0.2, -0.15) is 0 Å². The van der Waals surface area contributed by atoms with Crippen LogP contribution in [0.4, 0.5) is 0 Å². The molecule has 94 valence electrons. The van der Waals surface area contributed by atoms with Crippen molar-refractivity contribution < 1.29 is 4.74 Å². The average molecular weight is 326 g/mol. The predicted molar refractivity (Wildman–Crippen MR) is 80.1 cm³/mol. The number of hydrogen-bond acceptors (Lipinski definition) is 1. The molecule has 0 aliphatic rings. The first-order valence-corrected chi connectivity index (χ1v) is 7.20. The number of halogens is 2. The fourth-order valence-electron chi connectivity index (χ4n) is 1.66. The van der Waals surface area contributed by atoms with E-state index in [-0.39, 0.29) is 0 Å². The molecule has 0 fully saturated rings. The molecule has 2 aromatic carbocycles. The summed E-state index contributed by atoms with van der Waals surface area (Å²) in [6.45, 7) is 4.13. The van der Waals surface area contributed by atoms with Crippen LogP contribution in [-0.4, -0.2) is 0 Å². The van der Waals surface area contributed by atoms with Gasteiger partial charge in [0.25, 0.3) is 0 Å². The molecule has 2 aromatic rings. The SMILES string of the molecule is Cc1cccc(Oc2ccc(CBr)c(Cl)c2)c1C. The van der Waals surface area contributed by atoms with Crippen LogP contribution in [0.2, 0.25) is 5.02 Å². The van der Waals surface area contributed by atoms with Crippen LogP contribution in [0, 0.1) is 13.8 Å². The van der Waals surface area contributed by atoms with E-state index in [4.69, 9.17) is 16.3 Å². The van der Waals surface area contributed by atoms with Crippen LogP contribution in [0.3, 0.4) is 0 Å². The van der Waals surface area contributed by atoms with Gasteiger partial charge in [-0.05, 0) is 48.7 Å². The Labute approximate surface area is 121 Å². The maximum absolute atomic E-state index is 6.16. The molecule has 0 aromatic heterocycles. The molecule has 0 heterocycles. The minimum Gasteiger partial charge on any atom is -0.457 e. The standard InChI is InChI=1S/C15H14BrClO/c1-10-4-3-5-15(11(10)2)18-13-7-6-12(9-16)14(17)8-13/h3-8H,9H2,1-2H3. The van der Waals surface area contributed by atoms with Crippen LogP contribution >= 0.6 is 27.5 Å². The number of aryl methyl sites for hydroxylation is 1. The van der Waals surface area contributed by atoms with E-state index in [9.17, 15) is 0 Å². The minimum atomic E-state index is 0.717. The lowest BCUT2D eigenvalue weighted by atomic mass is 10.1. The zero-order chi connectivity index (χ0) is 13.1. The molecule has 1 nitrogen and oxygen atoms in total. The molecule has 0 N–H and O–H groups in total. The minimum absolute atomic E-state index is 0.717. The second-order valence-electron chi connectivity index (χ2n) is 4.19. The molecule has 0 aliphatic carbocycles. The summed E-state index contributed by atoms with van der Waals surface area (Å²) in [5.74, 6) is 1.64. The molecule has 0 bridgehead atoms. The Morgan fingerprint density at radius 2 is 1.94 bits per heavy atom. The highest BCUT2D eigenvalue weighted by molar-refractivity contribution is 9.08. The normalized spacial score (nSPS) is 10.4. The van der Waals surface area contributed by atoms with Crippen LogP contribution < -0.4 is 4.74 Å². The number of alkyl halides is 1. The molecule has 0 unspecified atom stereocenters. The summed E-state index contributed by atoms with van der Waals surface area (Å²) < 4.78 is 5.87. The summed E-state index contributed by atoms with van der Waals surface area (Å²) in [7, 11) is 0. The van der Waals surface area contributed by atoms with Gasteiger partial charge in [0.1, 0.15) is 11.5 Å². The number of rotatable bonds is 3. The zero-order valence-corrected chi connectivity index (χ0v) is 12.7. The Bertz CT molecular complexity index is 566. The first-order chi connectivity index (χ1) is 8.61. The van der Waals surface area contributed by atoms with Crippen LogP contribution in [-0.2, 0) is 5.33 Å². The van der Waals surface area contributed by atoms with E-state index in [1.54, 1.807) is 0 Å². The molecular formula is C15H14BrClO. The predicted octanol–water partition coefficient (Wildman–Crippen LogP) is 5.64. The van der Waals surface area contributed by atoms with Crippen LogP contribution in [0.15, 0.2) is 36.4 Å². The summed E-state index contributed by atoms with van der Waals surface area (Å²) in [5, 5.41) is 1.46. The van der Waals surface area contributed by atoms with E-state index < -0.39 is 0 Å². The van der Waals surface area contributed by atoms with Gasteiger partial charge in [0.15, 0.2) is 0 Å². The van der Waals surface area contributed by atoms with Crippen LogP contribution in [0.25, 0.3) is 0 Å². The van der Waals surface area contributed by atoms with Crippen molar-refractivity contribution >= 4 is 27.5 Å². The van der Waals surface area contributed by atoms with Gasteiger partial charge >= 0.3 is 0 Å². The molecule has 3 heteroatoms. The number of hydrogen-bond donors (Lipinski definition) is 0. The van der Waals surface area contributed by atoms with E-state index in [1.807, 2.05) is 30.3 Å². The molecule has 0 saturated heterocycles. The number of ether oxygens (including phenoxy) is 1. The van der Waals surface area contributed by atoms with E-state index in [0.717, 1.165) is 33.0 Å². The average Bonchev–Trinajstić information content (AvgIpc) is 2.35. The Hall–Kier alpha value is -0.990. The largest absolute Gasteiger partial charge is 0.457 e. The maximum atomic E-state index is 6.16. The Kier molecular flexibility index (Phi) is 4.31. The summed E-state index contributed by atoms with van der Waals surface area (Å²) in [6.07, 6.45) is 0. The van der Waals surface area contributed by atoms with Crippen molar-refractivity contribution in [3.8, 4) is 11.5 Å². The smallest absolute Gasteiger partial charge is 0.130 e. The van der Waals surface area contributed by atoms with Gasteiger partial charge in [0, 0.05) is 10.4 Å². The van der Waals surface area contributed by atoms with Gasteiger partial charge in [-0.1, -0.05) is 45.7 Å². The summed E-state index contributed by atoms with van der Waals surface area (Å²) >= 11 is 9.55. The zero-order valence-electron chi connectivity index (χ0n) is 10.3. The van der Waals surface area contributed by atoms with Gasteiger partial charge in [-0.15, -0.1) is 0 Å². The second-order valence-corrected chi connectivity index (χ2v) is 5.15. The lowest BCUT2D eigenvalue weighted by molar-refractivity contribution is 0.478. The number of benzene rings is 2. The highest BCUT2D eigenvalue weighted by atomic mass is 79.9. The van der Waals surface area contributed by atoms with E-state index in [0.29, 0.717) is 0 Å². The van der Waals surface area contributed by atoms with Crippen molar-refractivity contribution in [3.05, 3.63) is 58.1 Å². The Balaban J connectivity index is 2.29. The van der Waals surface area contributed by atoms with Crippen LogP contribution in [0.5, 0.6) is 11.5 Å². The summed E-state index contributed by atoms with van der Waals surface area (Å²) in [6, 6.07) is 11.8. The van der Waals surface area contributed by atoms with Crippen molar-refractivity contribution in [2.45, 2.75) is 19.2 Å². The highest BCUT2D eigenvalue weighted by Crippen LogP contribution is 2.30. The van der Waals surface area contributed by atoms with Gasteiger partial charge in [0.2, 0.25) is 0 Å². The molecule has 0 spiro atoms. The van der Waals surface area contributed by atoms with Crippen molar-refractivity contribution in [2.75, 3.05) is 0 Å². The van der Waals surface area contributed by atoms with E-state index >= 15 is 0 Å². The monoisotopic (exact) mass is 324 g/mol. The van der Waals surface area contributed by atoms with Crippen molar-refractivity contribution in [1.82, 2.24) is 0 Å².